The van der Waals surface area contributed by atoms with Gasteiger partial charge in [0.05, 0.1) is 12.3 Å². The van der Waals surface area contributed by atoms with E-state index in [2.05, 4.69) is 43.7 Å². The van der Waals surface area contributed by atoms with Crippen LogP contribution in [0.4, 0.5) is 0 Å². The first-order chi connectivity index (χ1) is 10.6. The van der Waals surface area contributed by atoms with Crippen molar-refractivity contribution in [3.8, 4) is 0 Å². The molecule has 0 bridgehead atoms. The highest BCUT2D eigenvalue weighted by Gasteiger charge is 1.96. The first kappa shape index (κ1) is 18.3. The molecule has 22 heavy (non-hydrogen) atoms. The summed E-state index contributed by atoms with van der Waals surface area (Å²) >= 11 is 0. The lowest BCUT2D eigenvalue weighted by Gasteiger charge is -2.05. The lowest BCUT2D eigenvalue weighted by atomic mass is 10.1. The van der Waals surface area contributed by atoms with E-state index in [4.69, 9.17) is 4.74 Å². The molecule has 0 aliphatic carbocycles. The van der Waals surface area contributed by atoms with Crippen molar-refractivity contribution >= 4 is 0 Å². The van der Waals surface area contributed by atoms with Crippen molar-refractivity contribution in [3.63, 3.8) is 0 Å². The summed E-state index contributed by atoms with van der Waals surface area (Å²) in [6.45, 7) is 10.1. The summed E-state index contributed by atoms with van der Waals surface area (Å²) in [5, 5.41) is 0. The van der Waals surface area contributed by atoms with Crippen molar-refractivity contribution in [1.29, 1.82) is 0 Å². The Bertz CT molecular complexity index is 483. The van der Waals surface area contributed by atoms with Crippen LogP contribution in [0.2, 0.25) is 0 Å². The topological polar surface area (TPSA) is 35.0 Å². The summed E-state index contributed by atoms with van der Waals surface area (Å²) in [7, 11) is 0. The highest BCUT2D eigenvalue weighted by atomic mass is 16.5. The molecule has 0 radical (unpaired) electrons. The second-order valence-electron chi connectivity index (χ2n) is 6.15. The van der Waals surface area contributed by atoms with E-state index in [0.29, 0.717) is 18.4 Å². The van der Waals surface area contributed by atoms with Crippen LogP contribution in [0.25, 0.3) is 0 Å². The maximum Gasteiger partial charge on any atom is 0.0887 e. The molecule has 2 aromatic heterocycles. The lowest BCUT2D eigenvalue weighted by molar-refractivity contribution is 0.0948. The van der Waals surface area contributed by atoms with Crippen LogP contribution >= 0.6 is 0 Å². The van der Waals surface area contributed by atoms with Gasteiger partial charge in [0.15, 0.2) is 0 Å². The number of rotatable bonds is 6. The summed E-state index contributed by atoms with van der Waals surface area (Å²) < 4.78 is 5.42. The van der Waals surface area contributed by atoms with Gasteiger partial charge in [-0.3, -0.25) is 9.97 Å². The minimum Gasteiger partial charge on any atom is -0.375 e. The van der Waals surface area contributed by atoms with Crippen molar-refractivity contribution in [2.75, 3.05) is 6.61 Å². The second-order valence-corrected chi connectivity index (χ2v) is 6.15. The molecule has 0 spiro atoms. The van der Waals surface area contributed by atoms with E-state index in [0.717, 1.165) is 18.7 Å². The van der Waals surface area contributed by atoms with Gasteiger partial charge in [0.2, 0.25) is 0 Å². The first-order valence-electron chi connectivity index (χ1n) is 7.95. The summed E-state index contributed by atoms with van der Waals surface area (Å²) in [6, 6.07) is 11.9. The van der Waals surface area contributed by atoms with Crippen molar-refractivity contribution in [1.82, 2.24) is 9.97 Å². The molecule has 2 rings (SSSR count). The van der Waals surface area contributed by atoms with E-state index in [1.807, 2.05) is 36.5 Å². The Balaban J connectivity index is 0.000000224. The van der Waals surface area contributed by atoms with Gasteiger partial charge in [-0.1, -0.05) is 39.8 Å². The van der Waals surface area contributed by atoms with Crippen molar-refractivity contribution in [3.05, 3.63) is 60.2 Å². The third kappa shape index (κ3) is 9.24. The Morgan fingerprint density at radius 2 is 1.41 bits per heavy atom. The summed E-state index contributed by atoms with van der Waals surface area (Å²) in [6.07, 6.45) is 4.71. The van der Waals surface area contributed by atoms with Crippen LogP contribution in [0.15, 0.2) is 48.8 Å². The fourth-order valence-electron chi connectivity index (χ4n) is 1.82. The Kier molecular flexibility index (Phi) is 9.08. The molecule has 0 aliphatic rings. The smallest absolute Gasteiger partial charge is 0.0887 e. The fourth-order valence-corrected chi connectivity index (χ4v) is 1.82. The molecular weight excluding hydrogens is 272 g/mol. The van der Waals surface area contributed by atoms with Crippen LogP contribution < -0.4 is 0 Å². The molecule has 120 valence electrons. The molecule has 2 aromatic rings. The second kappa shape index (κ2) is 10.9. The molecule has 2 heterocycles. The van der Waals surface area contributed by atoms with Gasteiger partial charge in [-0.2, -0.15) is 0 Å². The number of ether oxygens (including phenoxy) is 1. The molecular formula is C19H28N2O. The molecule has 0 atom stereocenters. The average Bonchev–Trinajstić information content (AvgIpc) is 2.49. The van der Waals surface area contributed by atoms with Gasteiger partial charge < -0.3 is 4.74 Å². The number of hydrogen-bond donors (Lipinski definition) is 0. The molecule has 0 N–H and O–H groups in total. The molecule has 0 aromatic carbocycles. The Morgan fingerprint density at radius 3 is 1.86 bits per heavy atom. The van der Waals surface area contributed by atoms with Gasteiger partial charge >= 0.3 is 0 Å². The van der Waals surface area contributed by atoms with E-state index >= 15 is 0 Å². The van der Waals surface area contributed by atoms with Crippen molar-refractivity contribution in [2.24, 2.45) is 11.8 Å². The van der Waals surface area contributed by atoms with Crippen LogP contribution in [0.5, 0.6) is 0 Å². The van der Waals surface area contributed by atoms with Crippen LogP contribution in [-0.4, -0.2) is 16.6 Å². The normalized spacial score (nSPS) is 10.5. The molecule has 0 saturated heterocycles. The molecule has 0 saturated carbocycles. The minimum absolute atomic E-state index is 0.591. The SMILES string of the molecule is CC(C)COCc1ccccn1.CC(C)Cc1ccccn1. The van der Waals surface area contributed by atoms with Gasteiger partial charge in [0.25, 0.3) is 0 Å². The van der Waals surface area contributed by atoms with Crippen LogP contribution in [0, 0.1) is 11.8 Å². The zero-order valence-electron chi connectivity index (χ0n) is 14.2. The minimum atomic E-state index is 0.591. The third-order valence-corrected chi connectivity index (χ3v) is 2.77. The molecule has 3 nitrogen and oxygen atoms in total. The quantitative estimate of drug-likeness (QED) is 0.786. The van der Waals surface area contributed by atoms with Gasteiger partial charge in [-0.05, 0) is 42.5 Å². The molecule has 0 aliphatic heterocycles. The summed E-state index contributed by atoms with van der Waals surface area (Å²) in [5.41, 5.74) is 2.19. The molecule has 3 heteroatoms. The standard InChI is InChI=1S/C10H15NO.C9H13N/c1-9(2)7-12-8-10-5-3-4-6-11-10;1-8(2)7-9-5-3-4-6-10-9/h3-6,9H,7-8H2,1-2H3;3-6,8H,7H2,1-2H3. The Labute approximate surface area is 134 Å². The van der Waals surface area contributed by atoms with E-state index in [-0.39, 0.29) is 0 Å². The zero-order chi connectivity index (χ0) is 16.2. The zero-order valence-corrected chi connectivity index (χ0v) is 14.2. The fraction of sp³-hybridized carbons (Fsp3) is 0.474. The molecule has 0 fully saturated rings. The maximum atomic E-state index is 5.42. The van der Waals surface area contributed by atoms with Crippen LogP contribution in [0.1, 0.15) is 39.1 Å². The predicted octanol–water partition coefficient (Wildman–Crippen LogP) is 4.53. The number of aromatic nitrogens is 2. The van der Waals surface area contributed by atoms with Gasteiger partial charge in [0.1, 0.15) is 0 Å². The number of pyridine rings is 2. The van der Waals surface area contributed by atoms with Crippen LogP contribution in [-0.2, 0) is 17.8 Å². The average molecular weight is 300 g/mol. The van der Waals surface area contributed by atoms with E-state index in [1.165, 1.54) is 5.69 Å². The highest BCUT2D eigenvalue weighted by Crippen LogP contribution is 2.03. The van der Waals surface area contributed by atoms with Crippen molar-refractivity contribution in [2.45, 2.75) is 40.7 Å². The Hall–Kier alpha value is -1.74. The summed E-state index contributed by atoms with van der Waals surface area (Å²) in [5.74, 6) is 1.30. The van der Waals surface area contributed by atoms with Crippen LogP contribution in [0.3, 0.4) is 0 Å². The van der Waals surface area contributed by atoms with E-state index in [9.17, 15) is 0 Å². The highest BCUT2D eigenvalue weighted by molar-refractivity contribution is 5.03. The van der Waals surface area contributed by atoms with Gasteiger partial charge in [0, 0.05) is 24.7 Å². The van der Waals surface area contributed by atoms with Gasteiger partial charge in [-0.15, -0.1) is 0 Å². The summed E-state index contributed by atoms with van der Waals surface area (Å²) in [4.78, 5) is 8.37. The largest absolute Gasteiger partial charge is 0.375 e. The maximum absolute atomic E-state index is 5.42. The van der Waals surface area contributed by atoms with Gasteiger partial charge in [-0.25, -0.2) is 0 Å². The number of nitrogens with zero attached hydrogens (tertiary/aromatic N) is 2. The first-order valence-corrected chi connectivity index (χ1v) is 7.95. The Morgan fingerprint density at radius 1 is 0.818 bits per heavy atom. The predicted molar refractivity (Wildman–Crippen MR) is 91.5 cm³/mol. The van der Waals surface area contributed by atoms with Crippen molar-refractivity contribution < 1.29 is 4.74 Å². The van der Waals surface area contributed by atoms with E-state index in [1.54, 1.807) is 6.20 Å². The lowest BCUT2D eigenvalue weighted by Crippen LogP contribution is -2.02. The van der Waals surface area contributed by atoms with E-state index < -0.39 is 0 Å². The monoisotopic (exact) mass is 300 g/mol. The number of hydrogen-bond acceptors (Lipinski definition) is 3. The molecule has 0 amide bonds. The molecule has 0 unspecified atom stereocenters. The third-order valence-electron chi connectivity index (χ3n) is 2.77.